The second kappa shape index (κ2) is 6.08. The molecule has 1 fully saturated rings. The van der Waals surface area contributed by atoms with Gasteiger partial charge in [0, 0.05) is 31.9 Å². The van der Waals surface area contributed by atoms with Crippen LogP contribution in [0.2, 0.25) is 0 Å². The largest absolute Gasteiger partial charge is 0.352 e. The Morgan fingerprint density at radius 1 is 1.33 bits per heavy atom. The minimum atomic E-state index is -3.52. The van der Waals surface area contributed by atoms with E-state index in [4.69, 9.17) is 9.47 Å². The van der Waals surface area contributed by atoms with Crippen molar-refractivity contribution in [2.45, 2.75) is 24.0 Å². The number of nitro benzene ring substituents is 1. The van der Waals surface area contributed by atoms with Gasteiger partial charge in [-0.2, -0.15) is 0 Å². The standard InChI is InChI=1S/C13H17NO6S/c1-19-13(20-2)11-7-10(14(15)16)5-6-12(11)21(17,18)8-9-3-4-9/h5-7,9,13H,3-4,8H2,1-2H3. The first-order valence-electron chi connectivity index (χ1n) is 6.45. The molecule has 1 saturated carbocycles. The summed E-state index contributed by atoms with van der Waals surface area (Å²) in [6.45, 7) is 0. The molecule has 2 rings (SSSR count). The zero-order chi connectivity index (χ0) is 15.6. The molecule has 0 saturated heterocycles. The predicted octanol–water partition coefficient (Wildman–Crippen LogP) is 2.07. The van der Waals surface area contributed by atoms with Crippen LogP contribution >= 0.6 is 0 Å². The SMILES string of the molecule is COC(OC)c1cc([N+](=O)[O-])ccc1S(=O)(=O)CC1CC1. The van der Waals surface area contributed by atoms with Crippen LogP contribution in [0.1, 0.15) is 24.7 Å². The summed E-state index contributed by atoms with van der Waals surface area (Å²) in [6, 6.07) is 3.64. The number of benzene rings is 1. The highest BCUT2D eigenvalue weighted by Crippen LogP contribution is 2.35. The van der Waals surface area contributed by atoms with Crippen molar-refractivity contribution in [3.05, 3.63) is 33.9 Å². The zero-order valence-corrected chi connectivity index (χ0v) is 12.6. The molecule has 1 aliphatic rings. The Hall–Kier alpha value is -1.51. The molecule has 0 N–H and O–H groups in total. The lowest BCUT2D eigenvalue weighted by molar-refractivity contribution is -0.385. The summed E-state index contributed by atoms with van der Waals surface area (Å²) in [4.78, 5) is 10.3. The van der Waals surface area contributed by atoms with Crippen LogP contribution in [0, 0.1) is 16.0 Å². The van der Waals surface area contributed by atoms with Crippen LogP contribution in [0.4, 0.5) is 5.69 Å². The van der Waals surface area contributed by atoms with Crippen LogP contribution in [-0.4, -0.2) is 33.3 Å². The second-order valence-electron chi connectivity index (χ2n) is 5.01. The van der Waals surface area contributed by atoms with Crippen LogP contribution in [-0.2, 0) is 19.3 Å². The number of nitrogens with zero attached hydrogens (tertiary/aromatic N) is 1. The molecule has 116 valence electrons. The average Bonchev–Trinajstić information content (AvgIpc) is 3.23. The molecule has 0 aliphatic heterocycles. The molecule has 0 heterocycles. The number of nitro groups is 1. The zero-order valence-electron chi connectivity index (χ0n) is 11.8. The molecule has 1 aliphatic carbocycles. The molecule has 0 amide bonds. The maximum Gasteiger partial charge on any atom is 0.269 e. The first-order chi connectivity index (χ1) is 9.89. The fourth-order valence-corrected chi connectivity index (χ4v) is 4.07. The molecule has 8 heteroatoms. The van der Waals surface area contributed by atoms with E-state index in [9.17, 15) is 18.5 Å². The van der Waals surface area contributed by atoms with E-state index in [0.717, 1.165) is 12.8 Å². The molecule has 0 unspecified atom stereocenters. The van der Waals surface area contributed by atoms with Gasteiger partial charge in [0.1, 0.15) is 0 Å². The van der Waals surface area contributed by atoms with Crippen LogP contribution in [0.5, 0.6) is 0 Å². The van der Waals surface area contributed by atoms with E-state index in [-0.39, 0.29) is 27.8 Å². The number of sulfone groups is 1. The summed E-state index contributed by atoms with van der Waals surface area (Å²) in [7, 11) is -0.815. The number of rotatable bonds is 7. The van der Waals surface area contributed by atoms with Crippen molar-refractivity contribution in [2.24, 2.45) is 5.92 Å². The molecule has 0 spiro atoms. The van der Waals surface area contributed by atoms with Gasteiger partial charge in [-0.05, 0) is 24.8 Å². The lowest BCUT2D eigenvalue weighted by Gasteiger charge is -2.17. The summed E-state index contributed by atoms with van der Waals surface area (Å²) in [6.07, 6.45) is 0.841. The third-order valence-electron chi connectivity index (χ3n) is 3.37. The highest BCUT2D eigenvalue weighted by Gasteiger charge is 2.32. The van der Waals surface area contributed by atoms with E-state index in [2.05, 4.69) is 0 Å². The summed E-state index contributed by atoms with van der Waals surface area (Å²) in [5.74, 6) is 0.236. The van der Waals surface area contributed by atoms with Gasteiger partial charge in [0.05, 0.1) is 15.6 Å². The number of ether oxygens (including phenoxy) is 2. The maximum absolute atomic E-state index is 12.4. The predicted molar refractivity (Wildman–Crippen MR) is 74.6 cm³/mol. The van der Waals surface area contributed by atoms with Gasteiger partial charge in [-0.25, -0.2) is 8.42 Å². The normalized spacial score (nSPS) is 15.4. The van der Waals surface area contributed by atoms with E-state index in [1.54, 1.807) is 0 Å². The Balaban J connectivity index is 2.50. The fraction of sp³-hybridized carbons (Fsp3) is 0.538. The molecule has 0 atom stereocenters. The third-order valence-corrected chi connectivity index (χ3v) is 5.33. The van der Waals surface area contributed by atoms with Gasteiger partial charge in [0.15, 0.2) is 16.1 Å². The Morgan fingerprint density at radius 2 is 1.95 bits per heavy atom. The van der Waals surface area contributed by atoms with Gasteiger partial charge in [-0.15, -0.1) is 0 Å². The van der Waals surface area contributed by atoms with Gasteiger partial charge in [-0.3, -0.25) is 10.1 Å². The molecule has 0 bridgehead atoms. The molecule has 21 heavy (non-hydrogen) atoms. The molecule has 0 aromatic heterocycles. The van der Waals surface area contributed by atoms with Gasteiger partial charge < -0.3 is 9.47 Å². The monoisotopic (exact) mass is 315 g/mol. The molecule has 1 aromatic carbocycles. The van der Waals surface area contributed by atoms with Gasteiger partial charge in [0.25, 0.3) is 5.69 Å². The Kier molecular flexibility index (Phi) is 4.60. The summed E-state index contributed by atoms with van der Waals surface area (Å²) in [5, 5.41) is 10.9. The quantitative estimate of drug-likeness (QED) is 0.434. The molecular weight excluding hydrogens is 298 g/mol. The van der Waals surface area contributed by atoms with E-state index < -0.39 is 21.1 Å². The van der Waals surface area contributed by atoms with E-state index in [1.165, 1.54) is 32.4 Å². The Morgan fingerprint density at radius 3 is 2.43 bits per heavy atom. The van der Waals surface area contributed by atoms with Crippen molar-refractivity contribution in [2.75, 3.05) is 20.0 Å². The van der Waals surface area contributed by atoms with Crippen molar-refractivity contribution in [3.8, 4) is 0 Å². The highest BCUT2D eigenvalue weighted by atomic mass is 32.2. The van der Waals surface area contributed by atoms with E-state index in [1.807, 2.05) is 0 Å². The third kappa shape index (κ3) is 3.58. The first kappa shape index (κ1) is 15.9. The van der Waals surface area contributed by atoms with E-state index in [0.29, 0.717) is 0 Å². The number of hydrogen-bond acceptors (Lipinski definition) is 6. The lowest BCUT2D eigenvalue weighted by Crippen LogP contribution is -2.15. The maximum atomic E-state index is 12.4. The number of non-ortho nitro benzene ring substituents is 1. The van der Waals surface area contributed by atoms with Crippen LogP contribution in [0.25, 0.3) is 0 Å². The van der Waals surface area contributed by atoms with Crippen LogP contribution in [0.15, 0.2) is 23.1 Å². The fourth-order valence-electron chi connectivity index (χ4n) is 2.15. The molecular formula is C13H17NO6S. The van der Waals surface area contributed by atoms with Crippen molar-refractivity contribution < 1.29 is 22.8 Å². The summed E-state index contributed by atoms with van der Waals surface area (Å²) >= 11 is 0. The number of methoxy groups -OCH3 is 2. The topological polar surface area (TPSA) is 95.7 Å². The van der Waals surface area contributed by atoms with Crippen LogP contribution in [0.3, 0.4) is 0 Å². The minimum Gasteiger partial charge on any atom is -0.352 e. The molecule has 7 nitrogen and oxygen atoms in total. The average molecular weight is 315 g/mol. The first-order valence-corrected chi connectivity index (χ1v) is 8.11. The smallest absolute Gasteiger partial charge is 0.269 e. The minimum absolute atomic E-state index is 0.0358. The van der Waals surface area contributed by atoms with E-state index >= 15 is 0 Å². The van der Waals surface area contributed by atoms with Gasteiger partial charge in [0.2, 0.25) is 0 Å². The van der Waals surface area contributed by atoms with Crippen LogP contribution < -0.4 is 0 Å². The van der Waals surface area contributed by atoms with Crippen molar-refractivity contribution in [1.29, 1.82) is 0 Å². The second-order valence-corrected chi connectivity index (χ2v) is 7.01. The number of hydrogen-bond donors (Lipinski definition) is 0. The Labute approximate surface area is 122 Å². The molecule has 0 radical (unpaired) electrons. The summed E-state index contributed by atoms with van der Waals surface area (Å²) < 4.78 is 35.0. The Bertz CT molecular complexity index is 634. The highest BCUT2D eigenvalue weighted by molar-refractivity contribution is 7.91. The summed E-state index contributed by atoms with van der Waals surface area (Å²) in [5.41, 5.74) is -0.0377. The van der Waals surface area contributed by atoms with Crippen molar-refractivity contribution >= 4 is 15.5 Å². The van der Waals surface area contributed by atoms with Gasteiger partial charge >= 0.3 is 0 Å². The molecule has 1 aromatic rings. The lowest BCUT2D eigenvalue weighted by atomic mass is 10.2. The van der Waals surface area contributed by atoms with Crippen molar-refractivity contribution in [1.82, 2.24) is 0 Å². The van der Waals surface area contributed by atoms with Gasteiger partial charge in [-0.1, -0.05) is 0 Å². The van der Waals surface area contributed by atoms with Crippen molar-refractivity contribution in [3.63, 3.8) is 0 Å².